The highest BCUT2D eigenvalue weighted by Crippen LogP contribution is 2.55. The second-order valence-corrected chi connectivity index (χ2v) is 7.37. The van der Waals surface area contributed by atoms with Crippen molar-refractivity contribution in [2.24, 2.45) is 23.2 Å². The van der Waals surface area contributed by atoms with Crippen molar-refractivity contribution in [3.8, 4) is 0 Å². The summed E-state index contributed by atoms with van der Waals surface area (Å²) in [4.78, 5) is 2.73. The standard InChI is InChI=1S/C16H28N2/c1-2-4-13(3-1)15-11-17-8-6-16(15)7-10-18-9-5-14(16)12-18/h13-15,17H,1-12H2. The van der Waals surface area contributed by atoms with Crippen LogP contribution in [0.3, 0.4) is 0 Å². The fraction of sp³-hybridized carbons (Fsp3) is 1.00. The van der Waals surface area contributed by atoms with Gasteiger partial charge in [0.25, 0.3) is 0 Å². The molecule has 0 aromatic heterocycles. The molecule has 3 aliphatic heterocycles. The maximum atomic E-state index is 3.73. The van der Waals surface area contributed by atoms with Crippen molar-refractivity contribution in [3.05, 3.63) is 0 Å². The second kappa shape index (κ2) is 4.49. The van der Waals surface area contributed by atoms with Gasteiger partial charge in [-0.05, 0) is 68.6 Å². The summed E-state index contributed by atoms with van der Waals surface area (Å²) in [7, 11) is 0. The Hall–Kier alpha value is -0.0800. The molecule has 2 heteroatoms. The van der Waals surface area contributed by atoms with E-state index in [9.17, 15) is 0 Å². The first-order valence-electron chi connectivity index (χ1n) is 8.31. The number of piperidine rings is 2. The van der Waals surface area contributed by atoms with Crippen LogP contribution in [-0.2, 0) is 0 Å². The lowest BCUT2D eigenvalue weighted by Crippen LogP contribution is -2.55. The summed E-state index contributed by atoms with van der Waals surface area (Å²) in [5, 5.41) is 3.73. The number of fused-ring (bicyclic) bond motifs is 3. The smallest absolute Gasteiger partial charge is 0.00156 e. The molecule has 1 saturated carbocycles. The summed E-state index contributed by atoms with van der Waals surface area (Å²) in [6, 6.07) is 0. The molecule has 18 heavy (non-hydrogen) atoms. The van der Waals surface area contributed by atoms with Crippen LogP contribution in [0.4, 0.5) is 0 Å². The SMILES string of the molecule is C1CCC(C2CNCCC23CCN2CCC3C2)C1. The Balaban J connectivity index is 1.62. The zero-order valence-corrected chi connectivity index (χ0v) is 11.7. The molecule has 4 rings (SSSR count). The zero-order valence-electron chi connectivity index (χ0n) is 11.7. The topological polar surface area (TPSA) is 15.3 Å². The molecule has 0 aromatic rings. The summed E-state index contributed by atoms with van der Waals surface area (Å²) in [5.74, 6) is 3.11. The maximum absolute atomic E-state index is 3.73. The first-order chi connectivity index (χ1) is 8.88. The van der Waals surface area contributed by atoms with E-state index in [-0.39, 0.29) is 0 Å². The Morgan fingerprint density at radius 1 is 1.00 bits per heavy atom. The van der Waals surface area contributed by atoms with Crippen LogP contribution in [0.15, 0.2) is 0 Å². The molecule has 0 amide bonds. The highest BCUT2D eigenvalue weighted by molar-refractivity contribution is 5.04. The van der Waals surface area contributed by atoms with Gasteiger partial charge in [-0.25, -0.2) is 0 Å². The van der Waals surface area contributed by atoms with Gasteiger partial charge in [-0.1, -0.05) is 25.7 Å². The molecule has 3 heterocycles. The van der Waals surface area contributed by atoms with E-state index in [2.05, 4.69) is 10.2 Å². The lowest BCUT2D eigenvalue weighted by molar-refractivity contribution is -0.0274. The molecule has 0 radical (unpaired) electrons. The molecule has 4 atom stereocenters. The zero-order chi connectivity index (χ0) is 12.0. The second-order valence-electron chi connectivity index (χ2n) is 7.37. The van der Waals surface area contributed by atoms with Crippen molar-refractivity contribution < 1.29 is 0 Å². The Kier molecular flexibility index (Phi) is 2.92. The Labute approximate surface area is 111 Å². The van der Waals surface area contributed by atoms with Gasteiger partial charge < -0.3 is 10.2 Å². The first-order valence-corrected chi connectivity index (χ1v) is 8.31. The number of nitrogens with one attached hydrogen (secondary N) is 1. The Morgan fingerprint density at radius 2 is 1.89 bits per heavy atom. The van der Waals surface area contributed by atoms with Crippen LogP contribution in [0.5, 0.6) is 0 Å². The quantitative estimate of drug-likeness (QED) is 0.767. The molecule has 102 valence electrons. The van der Waals surface area contributed by atoms with Gasteiger partial charge in [0.1, 0.15) is 0 Å². The molecule has 1 N–H and O–H groups in total. The van der Waals surface area contributed by atoms with E-state index in [1.54, 1.807) is 0 Å². The highest BCUT2D eigenvalue weighted by atomic mass is 15.2. The van der Waals surface area contributed by atoms with E-state index < -0.39 is 0 Å². The van der Waals surface area contributed by atoms with Crippen molar-refractivity contribution >= 4 is 0 Å². The summed E-state index contributed by atoms with van der Waals surface area (Å²) in [5.41, 5.74) is 0.743. The van der Waals surface area contributed by atoms with Gasteiger partial charge in [0, 0.05) is 6.54 Å². The van der Waals surface area contributed by atoms with Crippen molar-refractivity contribution in [3.63, 3.8) is 0 Å². The van der Waals surface area contributed by atoms with Crippen molar-refractivity contribution in [2.45, 2.75) is 44.9 Å². The van der Waals surface area contributed by atoms with E-state index in [0.717, 1.165) is 23.2 Å². The monoisotopic (exact) mass is 248 g/mol. The average Bonchev–Trinajstić information content (AvgIpc) is 3.06. The average molecular weight is 248 g/mol. The minimum absolute atomic E-state index is 0.743. The molecule has 4 fully saturated rings. The molecule has 3 saturated heterocycles. The number of hydrogen-bond acceptors (Lipinski definition) is 2. The van der Waals surface area contributed by atoms with Gasteiger partial charge in [-0.2, -0.15) is 0 Å². The third-order valence-electron chi connectivity index (χ3n) is 6.82. The van der Waals surface area contributed by atoms with E-state index in [1.807, 2.05) is 0 Å². The normalized spacial score (nSPS) is 49.0. The van der Waals surface area contributed by atoms with E-state index >= 15 is 0 Å². The summed E-state index contributed by atoms with van der Waals surface area (Å²) >= 11 is 0. The lowest BCUT2D eigenvalue weighted by atomic mass is 9.56. The van der Waals surface area contributed by atoms with Crippen molar-refractivity contribution in [1.82, 2.24) is 10.2 Å². The molecule has 4 unspecified atom stereocenters. The lowest BCUT2D eigenvalue weighted by Gasteiger charge is -2.53. The van der Waals surface area contributed by atoms with E-state index in [0.29, 0.717) is 0 Å². The predicted molar refractivity (Wildman–Crippen MR) is 74.5 cm³/mol. The molecular formula is C16H28N2. The van der Waals surface area contributed by atoms with Crippen LogP contribution in [0.2, 0.25) is 0 Å². The molecule has 1 spiro atoms. The van der Waals surface area contributed by atoms with Crippen LogP contribution >= 0.6 is 0 Å². The van der Waals surface area contributed by atoms with Crippen LogP contribution in [0, 0.1) is 23.2 Å². The van der Waals surface area contributed by atoms with Crippen LogP contribution < -0.4 is 5.32 Å². The van der Waals surface area contributed by atoms with Gasteiger partial charge in [0.05, 0.1) is 0 Å². The first kappa shape index (κ1) is 11.7. The van der Waals surface area contributed by atoms with Gasteiger partial charge in [0.2, 0.25) is 0 Å². The minimum atomic E-state index is 0.743. The Morgan fingerprint density at radius 3 is 2.78 bits per heavy atom. The molecule has 0 aromatic carbocycles. The third-order valence-corrected chi connectivity index (χ3v) is 6.82. The Bertz CT molecular complexity index is 310. The minimum Gasteiger partial charge on any atom is -0.316 e. The van der Waals surface area contributed by atoms with Crippen molar-refractivity contribution in [2.75, 3.05) is 32.7 Å². The molecule has 2 bridgehead atoms. The number of hydrogen-bond donors (Lipinski definition) is 1. The van der Waals surface area contributed by atoms with Gasteiger partial charge in [0.15, 0.2) is 0 Å². The molecule has 4 aliphatic rings. The summed E-state index contributed by atoms with van der Waals surface area (Å²) in [6.45, 7) is 6.86. The fourth-order valence-corrected chi connectivity index (χ4v) is 5.86. The maximum Gasteiger partial charge on any atom is 0.00156 e. The van der Waals surface area contributed by atoms with Gasteiger partial charge in [-0.3, -0.25) is 0 Å². The van der Waals surface area contributed by atoms with Gasteiger partial charge in [-0.15, -0.1) is 0 Å². The number of rotatable bonds is 1. The van der Waals surface area contributed by atoms with Crippen molar-refractivity contribution in [1.29, 1.82) is 0 Å². The summed E-state index contributed by atoms with van der Waals surface area (Å²) < 4.78 is 0. The third kappa shape index (κ3) is 1.68. The van der Waals surface area contributed by atoms with Gasteiger partial charge >= 0.3 is 0 Å². The predicted octanol–water partition coefficient (Wildman–Crippen LogP) is 2.50. The van der Waals surface area contributed by atoms with Crippen LogP contribution in [-0.4, -0.2) is 37.6 Å². The van der Waals surface area contributed by atoms with E-state index in [1.165, 1.54) is 77.7 Å². The summed E-state index contributed by atoms with van der Waals surface area (Å²) in [6.07, 6.45) is 10.6. The molecule has 1 aliphatic carbocycles. The number of nitrogens with zero attached hydrogens (tertiary/aromatic N) is 1. The fourth-order valence-electron chi connectivity index (χ4n) is 5.86. The van der Waals surface area contributed by atoms with E-state index in [4.69, 9.17) is 0 Å². The molecule has 2 nitrogen and oxygen atoms in total. The van der Waals surface area contributed by atoms with Crippen LogP contribution in [0.1, 0.15) is 44.9 Å². The highest BCUT2D eigenvalue weighted by Gasteiger charge is 2.53. The largest absolute Gasteiger partial charge is 0.316 e. The van der Waals surface area contributed by atoms with Crippen LogP contribution in [0.25, 0.3) is 0 Å². The molecular weight excluding hydrogens is 220 g/mol.